The summed E-state index contributed by atoms with van der Waals surface area (Å²) in [6, 6.07) is 20.5. The van der Waals surface area contributed by atoms with E-state index in [9.17, 15) is 9.59 Å². The van der Waals surface area contributed by atoms with Gasteiger partial charge in [-0.1, -0.05) is 54.6 Å². The lowest BCUT2D eigenvalue weighted by molar-refractivity contribution is -0.947. The number of benzene rings is 2. The molecular formula is C38H52Cl2N2O4. The third-order valence-corrected chi connectivity index (χ3v) is 13.6. The van der Waals surface area contributed by atoms with Crippen LogP contribution in [-0.2, 0) is 24.5 Å². The Morgan fingerprint density at radius 2 is 1.17 bits per heavy atom. The number of quaternary nitrogens is 2. The Balaban J connectivity index is 0.00000208. The van der Waals surface area contributed by atoms with Crippen LogP contribution < -0.4 is 24.8 Å². The summed E-state index contributed by atoms with van der Waals surface area (Å²) in [4.78, 5) is 28.6. The van der Waals surface area contributed by atoms with E-state index in [2.05, 4.69) is 46.1 Å². The normalized spacial score (nSPS) is 38.9. The Morgan fingerprint density at radius 3 is 1.70 bits per heavy atom. The van der Waals surface area contributed by atoms with E-state index in [0.29, 0.717) is 37.0 Å². The number of hydrogen-bond donors (Lipinski definition) is 0. The molecule has 7 rings (SSSR count). The molecule has 0 spiro atoms. The van der Waals surface area contributed by atoms with Crippen molar-refractivity contribution in [2.75, 3.05) is 27.2 Å². The van der Waals surface area contributed by atoms with Crippen molar-refractivity contribution in [1.29, 1.82) is 0 Å². The number of halogens is 2. The summed E-state index contributed by atoms with van der Waals surface area (Å²) >= 11 is 0. The van der Waals surface area contributed by atoms with Crippen molar-refractivity contribution < 1.29 is 52.8 Å². The van der Waals surface area contributed by atoms with Gasteiger partial charge < -0.3 is 43.3 Å². The summed E-state index contributed by atoms with van der Waals surface area (Å²) < 4.78 is 15.2. The highest BCUT2D eigenvalue weighted by Gasteiger charge is 2.55. The van der Waals surface area contributed by atoms with E-state index in [-0.39, 0.29) is 54.9 Å². The predicted molar refractivity (Wildman–Crippen MR) is 171 cm³/mol. The molecule has 0 saturated carbocycles. The van der Waals surface area contributed by atoms with Crippen molar-refractivity contribution in [2.24, 2.45) is 0 Å². The Labute approximate surface area is 288 Å². The third-order valence-electron chi connectivity index (χ3n) is 13.6. The van der Waals surface area contributed by atoms with E-state index in [1.54, 1.807) is 0 Å². The number of piperidine rings is 2. The summed E-state index contributed by atoms with van der Waals surface area (Å²) in [5.41, 5.74) is 1.86. The number of nitrogens with zero attached hydrogens (tertiary/aromatic N) is 2. The van der Waals surface area contributed by atoms with Crippen LogP contribution in [0.4, 0.5) is 0 Å². The van der Waals surface area contributed by atoms with E-state index < -0.39 is 5.41 Å². The summed E-state index contributed by atoms with van der Waals surface area (Å²) in [5, 5.41) is 0. The van der Waals surface area contributed by atoms with Gasteiger partial charge in [-0.25, -0.2) is 0 Å². The van der Waals surface area contributed by atoms with Crippen LogP contribution in [0.2, 0.25) is 0 Å². The number of carbonyl (C=O) groups is 2. The molecule has 0 aromatic heterocycles. The largest absolute Gasteiger partial charge is 1.00 e. The molecule has 4 fully saturated rings. The first-order chi connectivity index (χ1) is 21.2. The van der Waals surface area contributed by atoms with Crippen molar-refractivity contribution in [1.82, 2.24) is 0 Å². The lowest BCUT2D eigenvalue weighted by Gasteiger charge is -2.47. The molecule has 2 aromatic carbocycles. The minimum absolute atomic E-state index is 0. The predicted octanol–water partition coefficient (Wildman–Crippen LogP) is 0.264. The smallest absolute Gasteiger partial charge is 0.321 e. The van der Waals surface area contributed by atoms with Crippen LogP contribution in [0.3, 0.4) is 0 Å². The molecule has 8 heteroatoms. The number of carbonyl (C=O) groups excluding carboxylic acids is 2. The maximum Gasteiger partial charge on any atom is 0.321 e. The lowest BCUT2D eigenvalue weighted by atomic mass is 9.63. The van der Waals surface area contributed by atoms with Gasteiger partial charge in [0.2, 0.25) is 0 Å². The number of ether oxygens (including phenoxy) is 2. The molecule has 5 unspecified atom stereocenters. The minimum Gasteiger partial charge on any atom is -1.00 e. The van der Waals surface area contributed by atoms with Crippen LogP contribution in [0.1, 0.15) is 101 Å². The first-order valence-electron chi connectivity index (χ1n) is 17.5. The van der Waals surface area contributed by atoms with Crippen LogP contribution in [0.15, 0.2) is 54.6 Å². The van der Waals surface area contributed by atoms with Crippen molar-refractivity contribution in [3.63, 3.8) is 0 Å². The van der Waals surface area contributed by atoms with Gasteiger partial charge in [-0.05, 0) is 43.4 Å². The van der Waals surface area contributed by atoms with Gasteiger partial charge in [0.05, 0.1) is 57.3 Å². The highest BCUT2D eigenvalue weighted by atomic mass is 35.5. The minimum atomic E-state index is -0.932. The van der Waals surface area contributed by atoms with E-state index >= 15 is 0 Å². The second-order valence-corrected chi connectivity index (χ2v) is 15.1. The van der Waals surface area contributed by atoms with Crippen LogP contribution in [0, 0.1) is 0 Å². The molecule has 4 aliphatic heterocycles. The second-order valence-electron chi connectivity index (χ2n) is 15.1. The topological polar surface area (TPSA) is 52.6 Å². The number of esters is 2. The number of fused-ring (bicyclic) bond motifs is 5. The molecule has 4 heterocycles. The van der Waals surface area contributed by atoms with Gasteiger partial charge in [-0.15, -0.1) is 0 Å². The van der Waals surface area contributed by atoms with Crippen molar-refractivity contribution in [3.8, 4) is 0 Å². The summed E-state index contributed by atoms with van der Waals surface area (Å²) in [5.74, 6) is -0.638. The Hall–Kier alpha value is -2.12. The summed E-state index contributed by atoms with van der Waals surface area (Å²) in [6.45, 7) is 6.86. The van der Waals surface area contributed by atoms with Crippen LogP contribution in [0.25, 0.3) is 0 Å². The van der Waals surface area contributed by atoms with Gasteiger partial charge >= 0.3 is 11.9 Å². The molecular weight excluding hydrogens is 619 g/mol. The van der Waals surface area contributed by atoms with Crippen LogP contribution in [0.5, 0.6) is 0 Å². The van der Waals surface area contributed by atoms with Crippen LogP contribution >= 0.6 is 0 Å². The fraction of sp³-hybridized carbons (Fsp3) is 0.632. The molecule has 10 atom stereocenters. The Kier molecular flexibility index (Phi) is 10.3. The molecule has 4 saturated heterocycles. The van der Waals surface area contributed by atoms with E-state index in [1.807, 2.05) is 36.4 Å². The first kappa shape index (κ1) is 35.2. The quantitative estimate of drug-likeness (QED) is 0.314. The average molecular weight is 672 g/mol. The highest BCUT2D eigenvalue weighted by molar-refractivity contribution is 5.91. The molecule has 6 nitrogen and oxygen atoms in total. The lowest BCUT2D eigenvalue weighted by Crippen LogP contribution is -3.00. The molecule has 5 aliphatic rings. The zero-order valence-electron chi connectivity index (χ0n) is 28.0. The zero-order chi connectivity index (χ0) is 30.7. The van der Waals surface area contributed by atoms with Gasteiger partial charge in [-0.2, -0.15) is 0 Å². The molecule has 2 aromatic rings. The Morgan fingerprint density at radius 1 is 0.696 bits per heavy atom. The molecule has 46 heavy (non-hydrogen) atoms. The van der Waals surface area contributed by atoms with Gasteiger partial charge in [-0.3, -0.25) is 9.59 Å². The van der Waals surface area contributed by atoms with Crippen molar-refractivity contribution in [2.45, 2.75) is 126 Å². The maximum atomic E-state index is 14.6. The van der Waals surface area contributed by atoms with Crippen LogP contribution in [-0.4, -0.2) is 84.5 Å². The molecule has 0 radical (unpaired) electrons. The monoisotopic (exact) mass is 670 g/mol. The molecule has 1 aliphatic carbocycles. The van der Waals surface area contributed by atoms with E-state index in [0.717, 1.165) is 64.4 Å². The summed E-state index contributed by atoms with van der Waals surface area (Å²) in [6.07, 6.45) is 9.75. The molecule has 0 amide bonds. The number of rotatable bonds is 7. The second kappa shape index (κ2) is 13.4. The summed E-state index contributed by atoms with van der Waals surface area (Å²) in [7, 11) is 4.78. The fourth-order valence-corrected chi connectivity index (χ4v) is 10.5. The molecule has 252 valence electrons. The molecule has 4 bridgehead atoms. The van der Waals surface area contributed by atoms with Gasteiger partial charge in [0, 0.05) is 51.4 Å². The van der Waals surface area contributed by atoms with Crippen molar-refractivity contribution in [3.05, 3.63) is 71.3 Å². The first-order valence-corrected chi connectivity index (χ1v) is 17.5. The number of hydrogen-bond acceptors (Lipinski definition) is 4. The zero-order valence-corrected chi connectivity index (χ0v) is 29.5. The Bertz CT molecular complexity index is 1380. The third kappa shape index (κ3) is 5.49. The van der Waals surface area contributed by atoms with Gasteiger partial charge in [0.25, 0.3) is 0 Å². The van der Waals surface area contributed by atoms with Gasteiger partial charge in [0.1, 0.15) is 17.6 Å². The highest BCUT2D eigenvalue weighted by Crippen LogP contribution is 2.50. The maximum absolute atomic E-state index is 14.6. The van der Waals surface area contributed by atoms with E-state index in [4.69, 9.17) is 9.47 Å². The van der Waals surface area contributed by atoms with Gasteiger partial charge in [0.15, 0.2) is 0 Å². The molecule has 0 N–H and O–H groups in total. The average Bonchev–Trinajstić information content (AvgIpc) is 3.29. The van der Waals surface area contributed by atoms with Crippen molar-refractivity contribution >= 4 is 11.9 Å². The fourth-order valence-electron chi connectivity index (χ4n) is 10.5. The van der Waals surface area contributed by atoms with E-state index in [1.165, 1.54) is 25.7 Å². The standard InChI is InChI=1S/C38H52N2O4.2ClH/c1-5-39(3)27-16-17-28(39)23-31(22-27)43-36(41)34-20-21-38(26-12-8-7-9-13-26,35-15-11-10-14-33(34)35)37(42)44-32-24-29-18-19-30(25-32)40(29,4)6-2;;/h7-15,27-32,34H,5-6,16-25H2,1-4H3;2*1H/q+2;;/p-2/t27-,28+,29-,30+,31?,32?,34-,38?,39?,40?;;/m0../s1. The SMILES string of the molecule is CC[N+]1(C)[C@@H]2CC[C@H]1CC(OC(=O)[C@H]1CCC(C(=O)OC3C[C@H]4CC[C@@H](C3)[N+]4(C)CC)(c3ccccc3)c3ccccc31)C2.[Cl-].[Cl-].